The van der Waals surface area contributed by atoms with Gasteiger partial charge < -0.3 is 19.6 Å². The summed E-state index contributed by atoms with van der Waals surface area (Å²) in [6, 6.07) is -1.46. The zero-order chi connectivity index (χ0) is 34.6. The monoisotopic (exact) mass is 656 g/mol. The lowest BCUT2D eigenvalue weighted by Crippen LogP contribution is -2.71. The van der Waals surface area contributed by atoms with Crippen molar-refractivity contribution in [2.24, 2.45) is 52.3 Å². The van der Waals surface area contributed by atoms with Crippen LogP contribution >= 0.6 is 0 Å². The van der Waals surface area contributed by atoms with Gasteiger partial charge in [-0.3, -0.25) is 19.3 Å². The second-order valence-corrected chi connectivity index (χ2v) is 17.5. The highest BCUT2D eigenvalue weighted by atomic mass is 16.6. The Morgan fingerprint density at radius 3 is 2.38 bits per heavy atom. The summed E-state index contributed by atoms with van der Waals surface area (Å²) in [5.74, 6) is 0.403. The molecule has 47 heavy (non-hydrogen) atoms. The van der Waals surface area contributed by atoms with E-state index in [2.05, 4.69) is 33.0 Å². The highest BCUT2D eigenvalue weighted by Gasteiger charge is 2.70. The quantitative estimate of drug-likeness (QED) is 0.311. The van der Waals surface area contributed by atoms with Gasteiger partial charge in [-0.15, -0.1) is 0 Å². The third kappa shape index (κ3) is 6.62. The number of hydrogen-bond acceptors (Lipinski definition) is 7. The van der Waals surface area contributed by atoms with Crippen LogP contribution in [0.25, 0.3) is 0 Å². The fourth-order valence-electron chi connectivity index (χ4n) is 11.2. The largest absolute Gasteiger partial charge is 0.462 e. The molecule has 9 nitrogen and oxygen atoms in total. The van der Waals surface area contributed by atoms with Gasteiger partial charge in [-0.1, -0.05) is 34.1 Å². The summed E-state index contributed by atoms with van der Waals surface area (Å²) in [4.78, 5) is 69.0. The lowest BCUT2D eigenvalue weighted by atomic mass is 9.41. The predicted molar refractivity (Wildman–Crippen MR) is 178 cm³/mol. The molecule has 5 unspecified atom stereocenters. The second kappa shape index (κ2) is 13.1. The molecule has 5 aliphatic rings. The first-order valence-electron chi connectivity index (χ1n) is 18.4. The molecule has 0 aromatic heterocycles. The molecule has 0 aromatic rings. The van der Waals surface area contributed by atoms with Gasteiger partial charge in [0.25, 0.3) is 0 Å². The Bertz CT molecular complexity index is 1260. The number of ketones is 2. The Morgan fingerprint density at radius 1 is 1.04 bits per heavy atom. The lowest BCUT2D eigenvalue weighted by molar-refractivity contribution is -0.199. The maximum Gasteiger partial charge on any atom is 0.410 e. The Morgan fingerprint density at radius 2 is 1.74 bits per heavy atom. The second-order valence-electron chi connectivity index (χ2n) is 17.5. The van der Waals surface area contributed by atoms with Crippen molar-refractivity contribution in [1.29, 1.82) is 0 Å². The topological polar surface area (TPSA) is 119 Å². The van der Waals surface area contributed by atoms with Crippen LogP contribution in [0.4, 0.5) is 4.79 Å². The molecule has 2 amide bonds. The van der Waals surface area contributed by atoms with Crippen LogP contribution in [0.5, 0.6) is 0 Å². The van der Waals surface area contributed by atoms with Gasteiger partial charge in [0.1, 0.15) is 23.5 Å². The molecule has 0 radical (unpaired) electrons. The molecule has 9 heteroatoms. The van der Waals surface area contributed by atoms with Crippen LogP contribution in [-0.4, -0.2) is 64.8 Å². The number of rotatable bonds is 7. The molecule has 4 aliphatic carbocycles. The number of ether oxygens (including phenoxy) is 2. The standard InChI is InChI=1S/C38H60N2O7/c1-21-16-17-37(8)25(19-21)20-29(46-24(4)42)30-27-15-14-26(22(2)12-13-23(3)41)38(27,9)33(43)32(31(30)37)39-34(44)28-11-10-18-40(28)35(45)47-36(5,6)7/h21-22,25-32H,10-20H2,1-9H3,(H,39,44)/t21-,22-,25+,26?,27?,28?,29-,30?,31?,32+,37+,38-/m1/s1. The van der Waals surface area contributed by atoms with Crippen LogP contribution in [0.2, 0.25) is 0 Å². The molecule has 4 saturated carbocycles. The van der Waals surface area contributed by atoms with Crippen molar-refractivity contribution in [1.82, 2.24) is 10.2 Å². The molecule has 1 N–H and O–H groups in total. The third-order valence-electron chi connectivity index (χ3n) is 13.3. The minimum Gasteiger partial charge on any atom is -0.462 e. The van der Waals surface area contributed by atoms with Crippen LogP contribution in [0.15, 0.2) is 0 Å². The van der Waals surface area contributed by atoms with Crippen LogP contribution in [0, 0.1) is 52.3 Å². The minimum atomic E-state index is -0.755. The number of esters is 1. The summed E-state index contributed by atoms with van der Waals surface area (Å²) in [5, 5.41) is 3.32. The van der Waals surface area contributed by atoms with Crippen molar-refractivity contribution < 1.29 is 33.4 Å². The third-order valence-corrected chi connectivity index (χ3v) is 13.3. The normalized spacial score (nSPS) is 40.5. The Labute approximate surface area is 282 Å². The fraction of sp³-hybridized carbons (Fsp3) is 0.868. The molecular formula is C38H60N2O7. The van der Waals surface area contributed by atoms with Gasteiger partial charge >= 0.3 is 12.1 Å². The first kappa shape index (κ1) is 35.8. The molecule has 12 atom stereocenters. The molecule has 264 valence electrons. The average molecular weight is 657 g/mol. The van der Waals surface area contributed by atoms with E-state index in [1.54, 1.807) is 6.92 Å². The van der Waals surface area contributed by atoms with Gasteiger partial charge in [0.2, 0.25) is 5.91 Å². The summed E-state index contributed by atoms with van der Waals surface area (Å²) >= 11 is 0. The van der Waals surface area contributed by atoms with Crippen molar-refractivity contribution in [3.63, 3.8) is 0 Å². The van der Waals surface area contributed by atoms with Gasteiger partial charge in [-0.25, -0.2) is 4.79 Å². The summed E-state index contributed by atoms with van der Waals surface area (Å²) < 4.78 is 11.9. The van der Waals surface area contributed by atoms with E-state index in [4.69, 9.17) is 9.47 Å². The fourth-order valence-corrected chi connectivity index (χ4v) is 11.2. The van der Waals surface area contributed by atoms with E-state index >= 15 is 4.79 Å². The zero-order valence-corrected chi connectivity index (χ0v) is 30.4. The Kier molecular flexibility index (Phi) is 10.00. The molecule has 1 aliphatic heterocycles. The summed E-state index contributed by atoms with van der Waals surface area (Å²) in [6.07, 6.45) is 7.11. The zero-order valence-electron chi connectivity index (χ0n) is 30.4. The van der Waals surface area contributed by atoms with Crippen molar-refractivity contribution >= 4 is 29.5 Å². The van der Waals surface area contributed by atoms with Crippen LogP contribution in [-0.2, 0) is 28.7 Å². The van der Waals surface area contributed by atoms with Crippen LogP contribution in [0.3, 0.4) is 0 Å². The number of fused-ring (bicyclic) bond motifs is 5. The van der Waals surface area contributed by atoms with Crippen LogP contribution < -0.4 is 5.32 Å². The maximum atomic E-state index is 15.3. The van der Waals surface area contributed by atoms with Gasteiger partial charge in [0.05, 0.1) is 6.04 Å². The number of amides is 2. The van der Waals surface area contributed by atoms with Gasteiger partial charge in [-0.2, -0.15) is 0 Å². The maximum absolute atomic E-state index is 15.3. The number of carbonyl (C=O) groups is 5. The van der Waals surface area contributed by atoms with Crippen LogP contribution in [0.1, 0.15) is 127 Å². The van der Waals surface area contributed by atoms with E-state index in [1.165, 1.54) is 11.8 Å². The van der Waals surface area contributed by atoms with E-state index in [1.807, 2.05) is 20.8 Å². The number of Topliss-reactive ketones (excluding diaryl/α,β-unsaturated/α-hetero) is 2. The molecule has 1 saturated heterocycles. The number of likely N-dealkylation sites (tertiary alicyclic amines) is 1. The first-order chi connectivity index (χ1) is 21.9. The summed E-state index contributed by atoms with van der Waals surface area (Å²) in [5.41, 5.74) is -1.63. The van der Waals surface area contributed by atoms with E-state index in [0.29, 0.717) is 31.7 Å². The molecule has 0 spiro atoms. The van der Waals surface area contributed by atoms with E-state index in [-0.39, 0.29) is 70.5 Å². The Hall–Kier alpha value is -2.45. The lowest BCUT2D eigenvalue weighted by Gasteiger charge is -2.64. The van der Waals surface area contributed by atoms with Crippen molar-refractivity contribution in [2.45, 2.75) is 150 Å². The molecular weight excluding hydrogens is 596 g/mol. The van der Waals surface area contributed by atoms with E-state index in [0.717, 1.165) is 44.9 Å². The number of hydrogen-bond donors (Lipinski definition) is 1. The highest BCUT2D eigenvalue weighted by Crippen LogP contribution is 2.68. The molecule has 5 rings (SSSR count). The number of carbonyl (C=O) groups excluding carboxylic acids is 5. The number of nitrogens with zero attached hydrogens (tertiary/aromatic N) is 1. The highest BCUT2D eigenvalue weighted by molar-refractivity contribution is 5.96. The van der Waals surface area contributed by atoms with E-state index in [9.17, 15) is 19.2 Å². The molecule has 0 aromatic carbocycles. The van der Waals surface area contributed by atoms with Crippen molar-refractivity contribution in [3.8, 4) is 0 Å². The average Bonchev–Trinajstić information content (AvgIpc) is 3.59. The minimum absolute atomic E-state index is 0.0177. The first-order valence-corrected chi connectivity index (χ1v) is 18.4. The van der Waals surface area contributed by atoms with Crippen molar-refractivity contribution in [2.75, 3.05) is 6.54 Å². The molecule has 1 heterocycles. The smallest absolute Gasteiger partial charge is 0.410 e. The van der Waals surface area contributed by atoms with Crippen molar-refractivity contribution in [3.05, 3.63) is 0 Å². The van der Waals surface area contributed by atoms with Gasteiger partial charge in [-0.05, 0) is 120 Å². The SMILES string of the molecule is CC(=O)CC[C@@H](C)C1CCC2C3C([C@H](NC(=O)C4CCCN4C(=O)OC(C)(C)C)C(=O)[C@@]21C)[C@@]1(C)CC[C@@H](C)C[C@H]1C[C@H]3OC(C)=O. The predicted octanol–water partition coefficient (Wildman–Crippen LogP) is 6.50. The number of nitrogens with one attached hydrogen (secondary N) is 1. The van der Waals surface area contributed by atoms with Gasteiger partial charge in [0, 0.05) is 31.2 Å². The summed E-state index contributed by atoms with van der Waals surface area (Å²) in [6.45, 7) is 17.8. The summed E-state index contributed by atoms with van der Waals surface area (Å²) in [7, 11) is 0. The Balaban J connectivity index is 1.56. The van der Waals surface area contributed by atoms with E-state index < -0.39 is 29.2 Å². The molecule has 5 fully saturated rings. The van der Waals surface area contributed by atoms with Gasteiger partial charge in [0.15, 0.2) is 5.78 Å². The molecule has 0 bridgehead atoms.